The van der Waals surface area contributed by atoms with Gasteiger partial charge < -0.3 is 20.1 Å². The van der Waals surface area contributed by atoms with Gasteiger partial charge in [0.05, 0.1) is 12.2 Å². The van der Waals surface area contributed by atoms with E-state index in [0.717, 1.165) is 0 Å². The van der Waals surface area contributed by atoms with Gasteiger partial charge in [-0.25, -0.2) is 0 Å². The number of hydrogen-bond donors (Lipinski definition) is 2. The monoisotopic (exact) mass is 254 g/mol. The average molecular weight is 254 g/mol. The largest absolute Gasteiger partial charge is 0.464 e. The molecule has 0 saturated heterocycles. The molecule has 1 rings (SSSR count). The van der Waals surface area contributed by atoms with E-state index in [4.69, 9.17) is 10.5 Å². The standard InChI is InChI=1S/C12H18N2O4/c1-12(2,17)5-6-18-11(16)8-14-7-9(13)3-4-10(14)15/h3-4,7,17H,5-6,8,13H2,1-2H3. The Balaban J connectivity index is 2.50. The average Bonchev–Trinajstić information content (AvgIpc) is 2.21. The minimum absolute atomic E-state index is 0.111. The van der Waals surface area contributed by atoms with Crippen LogP contribution in [-0.2, 0) is 16.1 Å². The van der Waals surface area contributed by atoms with Gasteiger partial charge >= 0.3 is 5.97 Å². The predicted octanol–water partition coefficient (Wildman–Crippen LogP) is 0.135. The zero-order chi connectivity index (χ0) is 13.8. The molecule has 0 aliphatic heterocycles. The summed E-state index contributed by atoms with van der Waals surface area (Å²) in [5.41, 5.74) is 4.72. The van der Waals surface area contributed by atoms with Crippen molar-refractivity contribution in [3.05, 3.63) is 28.7 Å². The van der Waals surface area contributed by atoms with Gasteiger partial charge in [-0.05, 0) is 19.9 Å². The first-order valence-corrected chi connectivity index (χ1v) is 5.62. The number of nitrogens with two attached hydrogens (primary N) is 1. The fourth-order valence-electron chi connectivity index (χ4n) is 1.27. The highest BCUT2D eigenvalue weighted by atomic mass is 16.5. The van der Waals surface area contributed by atoms with E-state index in [1.54, 1.807) is 13.8 Å². The summed E-state index contributed by atoms with van der Waals surface area (Å²) < 4.78 is 6.10. The van der Waals surface area contributed by atoms with Crippen molar-refractivity contribution >= 4 is 11.7 Å². The molecule has 0 radical (unpaired) electrons. The number of pyridine rings is 1. The molecule has 0 fully saturated rings. The first kappa shape index (κ1) is 14.2. The maximum Gasteiger partial charge on any atom is 0.326 e. The normalized spacial score (nSPS) is 11.3. The van der Waals surface area contributed by atoms with Crippen LogP contribution in [0.1, 0.15) is 20.3 Å². The molecule has 0 amide bonds. The summed E-state index contributed by atoms with van der Waals surface area (Å²) in [6.45, 7) is 3.18. The van der Waals surface area contributed by atoms with Crippen molar-refractivity contribution in [1.29, 1.82) is 0 Å². The molecule has 0 unspecified atom stereocenters. The number of nitrogen functional groups attached to an aromatic ring is 1. The molecule has 3 N–H and O–H groups in total. The van der Waals surface area contributed by atoms with Crippen molar-refractivity contribution in [1.82, 2.24) is 4.57 Å². The van der Waals surface area contributed by atoms with Crippen LogP contribution in [0.2, 0.25) is 0 Å². The number of ether oxygens (including phenoxy) is 1. The van der Waals surface area contributed by atoms with Gasteiger partial charge in [0.25, 0.3) is 5.56 Å². The number of aromatic nitrogens is 1. The van der Waals surface area contributed by atoms with Crippen LogP contribution in [0, 0.1) is 0 Å². The van der Waals surface area contributed by atoms with Gasteiger partial charge in [-0.1, -0.05) is 0 Å². The number of hydrogen-bond acceptors (Lipinski definition) is 5. The van der Waals surface area contributed by atoms with Crippen LogP contribution < -0.4 is 11.3 Å². The first-order chi connectivity index (χ1) is 8.28. The lowest BCUT2D eigenvalue weighted by atomic mass is 10.1. The second-order valence-corrected chi connectivity index (χ2v) is 4.71. The van der Waals surface area contributed by atoms with Crippen LogP contribution in [0.4, 0.5) is 5.69 Å². The van der Waals surface area contributed by atoms with Crippen LogP contribution >= 0.6 is 0 Å². The number of esters is 1. The van der Waals surface area contributed by atoms with E-state index in [1.807, 2.05) is 0 Å². The molecule has 0 bridgehead atoms. The number of carbonyl (C=O) groups excluding carboxylic acids is 1. The second-order valence-electron chi connectivity index (χ2n) is 4.71. The van der Waals surface area contributed by atoms with Crippen LogP contribution in [0.3, 0.4) is 0 Å². The molecule has 18 heavy (non-hydrogen) atoms. The fourth-order valence-corrected chi connectivity index (χ4v) is 1.27. The van der Waals surface area contributed by atoms with E-state index >= 15 is 0 Å². The Morgan fingerprint density at radius 1 is 1.50 bits per heavy atom. The summed E-state index contributed by atoms with van der Waals surface area (Å²) in [6.07, 6.45) is 1.73. The molecular formula is C12H18N2O4. The quantitative estimate of drug-likeness (QED) is 0.728. The Labute approximate surface area is 105 Å². The number of nitrogens with zero attached hydrogens (tertiary/aromatic N) is 1. The lowest BCUT2D eigenvalue weighted by Crippen LogP contribution is -2.26. The molecule has 0 aromatic carbocycles. The predicted molar refractivity (Wildman–Crippen MR) is 67.0 cm³/mol. The number of aliphatic hydroxyl groups is 1. The van der Waals surface area contributed by atoms with Crippen LogP contribution in [0.5, 0.6) is 0 Å². The molecular weight excluding hydrogens is 236 g/mol. The maximum absolute atomic E-state index is 11.5. The van der Waals surface area contributed by atoms with E-state index < -0.39 is 11.6 Å². The summed E-state index contributed by atoms with van der Waals surface area (Å²) in [7, 11) is 0. The van der Waals surface area contributed by atoms with Crippen molar-refractivity contribution in [2.75, 3.05) is 12.3 Å². The SMILES string of the molecule is CC(C)(O)CCOC(=O)Cn1cc(N)ccc1=O. The van der Waals surface area contributed by atoms with Crippen LogP contribution in [-0.4, -0.2) is 27.9 Å². The summed E-state index contributed by atoms with van der Waals surface area (Å²) in [5, 5.41) is 9.44. The van der Waals surface area contributed by atoms with Gasteiger partial charge in [0.1, 0.15) is 6.54 Å². The van der Waals surface area contributed by atoms with Gasteiger partial charge in [-0.3, -0.25) is 9.59 Å². The Morgan fingerprint density at radius 3 is 2.78 bits per heavy atom. The smallest absolute Gasteiger partial charge is 0.326 e. The van der Waals surface area contributed by atoms with Gasteiger partial charge in [-0.15, -0.1) is 0 Å². The highest BCUT2D eigenvalue weighted by molar-refractivity contribution is 5.69. The second kappa shape index (κ2) is 5.68. The molecule has 0 spiro atoms. The molecule has 1 aromatic heterocycles. The summed E-state index contributed by atoms with van der Waals surface area (Å²) in [5.74, 6) is -0.535. The lowest BCUT2D eigenvalue weighted by molar-refractivity contribution is -0.145. The van der Waals surface area contributed by atoms with Crippen molar-refractivity contribution < 1.29 is 14.6 Å². The minimum Gasteiger partial charge on any atom is -0.464 e. The van der Waals surface area contributed by atoms with Gasteiger partial charge in [0.2, 0.25) is 0 Å². The molecule has 0 saturated carbocycles. The molecule has 6 nitrogen and oxygen atoms in total. The fraction of sp³-hybridized carbons (Fsp3) is 0.500. The molecule has 0 aliphatic rings. The Morgan fingerprint density at radius 2 is 2.17 bits per heavy atom. The maximum atomic E-state index is 11.5. The summed E-state index contributed by atoms with van der Waals surface area (Å²) in [6, 6.07) is 2.76. The molecule has 6 heteroatoms. The van der Waals surface area contributed by atoms with E-state index in [1.165, 1.54) is 22.9 Å². The Hall–Kier alpha value is -1.82. The molecule has 0 atom stereocenters. The van der Waals surface area contributed by atoms with Crippen molar-refractivity contribution in [3.63, 3.8) is 0 Å². The number of carbonyl (C=O) groups is 1. The van der Waals surface area contributed by atoms with Crippen LogP contribution in [0.25, 0.3) is 0 Å². The van der Waals surface area contributed by atoms with E-state index in [-0.39, 0.29) is 18.7 Å². The molecule has 100 valence electrons. The zero-order valence-corrected chi connectivity index (χ0v) is 10.5. The van der Waals surface area contributed by atoms with E-state index in [2.05, 4.69) is 0 Å². The first-order valence-electron chi connectivity index (χ1n) is 5.62. The van der Waals surface area contributed by atoms with Crippen LogP contribution in [0.15, 0.2) is 23.1 Å². The van der Waals surface area contributed by atoms with Crippen molar-refractivity contribution in [3.8, 4) is 0 Å². The summed E-state index contributed by atoms with van der Waals surface area (Å²) >= 11 is 0. The van der Waals surface area contributed by atoms with E-state index in [9.17, 15) is 14.7 Å². The highest BCUT2D eigenvalue weighted by Crippen LogP contribution is 2.06. The Bertz CT molecular complexity index is 474. The third-order valence-electron chi connectivity index (χ3n) is 2.28. The lowest BCUT2D eigenvalue weighted by Gasteiger charge is -2.16. The van der Waals surface area contributed by atoms with Crippen molar-refractivity contribution in [2.24, 2.45) is 0 Å². The zero-order valence-electron chi connectivity index (χ0n) is 10.5. The summed E-state index contributed by atoms with van der Waals surface area (Å²) in [4.78, 5) is 22.9. The van der Waals surface area contributed by atoms with Gasteiger partial charge in [0.15, 0.2) is 0 Å². The molecule has 1 heterocycles. The van der Waals surface area contributed by atoms with Gasteiger partial charge in [-0.2, -0.15) is 0 Å². The third kappa shape index (κ3) is 5.01. The highest BCUT2D eigenvalue weighted by Gasteiger charge is 2.13. The number of rotatable bonds is 5. The molecule has 0 aliphatic carbocycles. The topological polar surface area (TPSA) is 94.6 Å². The number of anilines is 1. The van der Waals surface area contributed by atoms with Gasteiger partial charge in [0, 0.05) is 24.4 Å². The minimum atomic E-state index is -0.881. The van der Waals surface area contributed by atoms with E-state index in [0.29, 0.717) is 12.1 Å². The molecule has 1 aromatic rings. The third-order valence-corrected chi connectivity index (χ3v) is 2.28. The van der Waals surface area contributed by atoms with Crippen molar-refractivity contribution in [2.45, 2.75) is 32.4 Å². The Kier molecular flexibility index (Phi) is 4.49.